The lowest BCUT2D eigenvalue weighted by Crippen LogP contribution is -2.31. The van der Waals surface area contributed by atoms with E-state index in [0.717, 1.165) is 24.2 Å². The fraction of sp³-hybridized carbons (Fsp3) is 0.286. The standard InChI is InChI=1S/C14H18N4O/c1-18-9-8-16-13(18)7-6-11-2-4-12(5-3-11)10-14(19)17-15/h2-5,8-9H,6-7,10,15H2,1H3,(H,17,19). The van der Waals surface area contributed by atoms with Crippen molar-refractivity contribution in [2.45, 2.75) is 19.3 Å². The van der Waals surface area contributed by atoms with Crippen LogP contribution in [0.1, 0.15) is 17.0 Å². The van der Waals surface area contributed by atoms with E-state index < -0.39 is 0 Å². The smallest absolute Gasteiger partial charge is 0.238 e. The summed E-state index contributed by atoms with van der Waals surface area (Å²) in [6.45, 7) is 0. The highest BCUT2D eigenvalue weighted by Gasteiger charge is 2.03. The van der Waals surface area contributed by atoms with Gasteiger partial charge >= 0.3 is 0 Å². The van der Waals surface area contributed by atoms with E-state index in [-0.39, 0.29) is 5.91 Å². The Balaban J connectivity index is 1.92. The average Bonchev–Trinajstić information content (AvgIpc) is 2.83. The number of hydrogen-bond donors (Lipinski definition) is 2. The molecular weight excluding hydrogens is 240 g/mol. The molecule has 0 saturated heterocycles. The van der Waals surface area contributed by atoms with Crippen LogP contribution in [-0.4, -0.2) is 15.5 Å². The second-order valence-corrected chi connectivity index (χ2v) is 4.52. The fourth-order valence-corrected chi connectivity index (χ4v) is 1.95. The molecule has 1 amide bonds. The summed E-state index contributed by atoms with van der Waals surface area (Å²) in [6.07, 6.45) is 5.92. The maximum atomic E-state index is 11.1. The SMILES string of the molecule is Cn1ccnc1CCc1ccc(CC(=O)NN)cc1. The average molecular weight is 258 g/mol. The minimum Gasteiger partial charge on any atom is -0.338 e. The van der Waals surface area contributed by atoms with Gasteiger partial charge in [-0.25, -0.2) is 10.8 Å². The Bertz CT molecular complexity index is 545. The maximum absolute atomic E-state index is 11.1. The molecule has 0 saturated carbocycles. The predicted molar refractivity (Wildman–Crippen MR) is 73.1 cm³/mol. The molecule has 0 fully saturated rings. The summed E-state index contributed by atoms with van der Waals surface area (Å²) in [5.74, 6) is 5.95. The zero-order chi connectivity index (χ0) is 13.7. The van der Waals surface area contributed by atoms with Crippen LogP contribution in [0, 0.1) is 0 Å². The lowest BCUT2D eigenvalue weighted by Gasteiger charge is -2.04. The maximum Gasteiger partial charge on any atom is 0.238 e. The van der Waals surface area contributed by atoms with Crippen LogP contribution >= 0.6 is 0 Å². The Hall–Kier alpha value is -2.14. The van der Waals surface area contributed by atoms with Crippen molar-refractivity contribution in [3.63, 3.8) is 0 Å². The van der Waals surface area contributed by atoms with Crippen molar-refractivity contribution < 1.29 is 4.79 Å². The molecule has 1 aromatic heterocycles. The van der Waals surface area contributed by atoms with Gasteiger partial charge in [-0.3, -0.25) is 10.2 Å². The first-order valence-corrected chi connectivity index (χ1v) is 6.22. The van der Waals surface area contributed by atoms with Crippen molar-refractivity contribution in [1.29, 1.82) is 0 Å². The van der Waals surface area contributed by atoms with Crippen molar-refractivity contribution >= 4 is 5.91 Å². The Kier molecular flexibility index (Phi) is 4.30. The predicted octanol–water partition coefficient (Wildman–Crippen LogP) is 0.738. The molecule has 0 bridgehead atoms. The second-order valence-electron chi connectivity index (χ2n) is 4.52. The summed E-state index contributed by atoms with van der Waals surface area (Å²) in [4.78, 5) is 15.4. The van der Waals surface area contributed by atoms with Crippen LogP contribution in [0.15, 0.2) is 36.7 Å². The lowest BCUT2D eigenvalue weighted by molar-refractivity contribution is -0.120. The van der Waals surface area contributed by atoms with Gasteiger partial charge in [-0.1, -0.05) is 24.3 Å². The third kappa shape index (κ3) is 3.66. The minimum atomic E-state index is -0.180. The highest BCUT2D eigenvalue weighted by molar-refractivity contribution is 5.77. The Labute approximate surface area is 112 Å². The monoisotopic (exact) mass is 258 g/mol. The normalized spacial score (nSPS) is 10.4. The number of aromatic nitrogens is 2. The van der Waals surface area contributed by atoms with Crippen LogP contribution in [0.2, 0.25) is 0 Å². The molecule has 5 nitrogen and oxygen atoms in total. The van der Waals surface area contributed by atoms with Crippen molar-refractivity contribution in [3.05, 3.63) is 53.6 Å². The quantitative estimate of drug-likeness (QED) is 0.472. The van der Waals surface area contributed by atoms with Crippen molar-refractivity contribution in [2.75, 3.05) is 0 Å². The number of rotatable bonds is 5. The number of nitrogens with zero attached hydrogens (tertiary/aromatic N) is 2. The third-order valence-electron chi connectivity index (χ3n) is 3.11. The van der Waals surface area contributed by atoms with Crippen LogP contribution in [0.25, 0.3) is 0 Å². The van der Waals surface area contributed by atoms with Crippen LogP contribution in [-0.2, 0) is 31.1 Å². The van der Waals surface area contributed by atoms with E-state index in [0.29, 0.717) is 6.42 Å². The molecule has 2 aromatic rings. The number of amides is 1. The molecule has 0 aliphatic carbocycles. The first kappa shape index (κ1) is 13.3. The number of hydrazine groups is 1. The molecule has 19 heavy (non-hydrogen) atoms. The number of hydrogen-bond acceptors (Lipinski definition) is 3. The summed E-state index contributed by atoms with van der Waals surface area (Å²) in [5, 5.41) is 0. The molecule has 0 aliphatic heterocycles. The van der Waals surface area contributed by atoms with Gasteiger partial charge in [-0.05, 0) is 17.5 Å². The van der Waals surface area contributed by atoms with Gasteiger partial charge in [-0.2, -0.15) is 0 Å². The number of benzene rings is 1. The van der Waals surface area contributed by atoms with Crippen molar-refractivity contribution in [2.24, 2.45) is 12.9 Å². The minimum absolute atomic E-state index is 0.180. The number of imidazole rings is 1. The summed E-state index contributed by atoms with van der Waals surface area (Å²) in [7, 11) is 2.00. The Morgan fingerprint density at radius 2 is 1.95 bits per heavy atom. The van der Waals surface area contributed by atoms with E-state index in [4.69, 9.17) is 5.84 Å². The lowest BCUT2D eigenvalue weighted by atomic mass is 10.1. The van der Waals surface area contributed by atoms with Gasteiger partial charge in [-0.15, -0.1) is 0 Å². The molecule has 100 valence electrons. The number of nitrogens with one attached hydrogen (secondary N) is 1. The largest absolute Gasteiger partial charge is 0.338 e. The molecule has 0 radical (unpaired) electrons. The number of aryl methyl sites for hydroxylation is 3. The first-order chi connectivity index (χ1) is 9.19. The second kappa shape index (κ2) is 6.15. The summed E-state index contributed by atoms with van der Waals surface area (Å²) >= 11 is 0. The number of nitrogens with two attached hydrogens (primary N) is 1. The van der Waals surface area contributed by atoms with Gasteiger partial charge in [0.25, 0.3) is 0 Å². The topological polar surface area (TPSA) is 72.9 Å². The highest BCUT2D eigenvalue weighted by Crippen LogP contribution is 2.08. The summed E-state index contributed by atoms with van der Waals surface area (Å²) in [5.41, 5.74) is 4.33. The molecule has 0 aliphatic rings. The van der Waals surface area contributed by atoms with Gasteiger partial charge in [0.2, 0.25) is 5.91 Å². The van der Waals surface area contributed by atoms with Crippen LogP contribution in [0.5, 0.6) is 0 Å². The van der Waals surface area contributed by atoms with Gasteiger partial charge in [0.1, 0.15) is 5.82 Å². The molecule has 0 spiro atoms. The zero-order valence-corrected chi connectivity index (χ0v) is 11.0. The van der Waals surface area contributed by atoms with E-state index in [1.54, 1.807) is 0 Å². The molecule has 1 aromatic carbocycles. The van der Waals surface area contributed by atoms with E-state index in [2.05, 4.69) is 10.4 Å². The van der Waals surface area contributed by atoms with Crippen LogP contribution in [0.3, 0.4) is 0 Å². The zero-order valence-electron chi connectivity index (χ0n) is 11.0. The van der Waals surface area contributed by atoms with E-state index >= 15 is 0 Å². The van der Waals surface area contributed by atoms with E-state index in [1.807, 2.05) is 48.3 Å². The van der Waals surface area contributed by atoms with Gasteiger partial charge in [0.15, 0.2) is 0 Å². The van der Waals surface area contributed by atoms with Crippen molar-refractivity contribution in [1.82, 2.24) is 15.0 Å². The van der Waals surface area contributed by atoms with Gasteiger partial charge in [0.05, 0.1) is 6.42 Å². The van der Waals surface area contributed by atoms with Crippen LogP contribution < -0.4 is 11.3 Å². The van der Waals surface area contributed by atoms with Crippen molar-refractivity contribution in [3.8, 4) is 0 Å². The van der Waals surface area contributed by atoms with E-state index in [1.165, 1.54) is 5.56 Å². The fourth-order valence-electron chi connectivity index (χ4n) is 1.95. The summed E-state index contributed by atoms with van der Waals surface area (Å²) in [6, 6.07) is 8.01. The Morgan fingerprint density at radius 3 is 2.53 bits per heavy atom. The molecule has 2 rings (SSSR count). The molecule has 0 unspecified atom stereocenters. The Morgan fingerprint density at radius 1 is 1.26 bits per heavy atom. The van der Waals surface area contributed by atoms with Gasteiger partial charge < -0.3 is 4.57 Å². The summed E-state index contributed by atoms with van der Waals surface area (Å²) < 4.78 is 2.03. The molecular formula is C14H18N4O. The van der Waals surface area contributed by atoms with E-state index in [9.17, 15) is 4.79 Å². The molecule has 5 heteroatoms. The third-order valence-corrected chi connectivity index (χ3v) is 3.11. The first-order valence-electron chi connectivity index (χ1n) is 6.22. The van der Waals surface area contributed by atoms with Gasteiger partial charge in [0, 0.05) is 25.9 Å². The highest BCUT2D eigenvalue weighted by atomic mass is 16.2. The van der Waals surface area contributed by atoms with Crippen LogP contribution in [0.4, 0.5) is 0 Å². The molecule has 3 N–H and O–H groups in total. The molecule has 0 atom stereocenters. The molecule has 1 heterocycles. The number of carbonyl (C=O) groups excluding carboxylic acids is 1. The number of carbonyl (C=O) groups is 1.